The van der Waals surface area contributed by atoms with Crippen molar-refractivity contribution in [3.05, 3.63) is 41.0 Å². The predicted molar refractivity (Wildman–Crippen MR) is 106 cm³/mol. The van der Waals surface area contributed by atoms with Crippen molar-refractivity contribution in [2.45, 2.75) is 59.1 Å². The zero-order valence-corrected chi connectivity index (χ0v) is 15.9. The van der Waals surface area contributed by atoms with E-state index in [1.54, 1.807) is 0 Å². The first kappa shape index (κ1) is 19.8. The van der Waals surface area contributed by atoms with E-state index in [-0.39, 0.29) is 5.97 Å². The first-order chi connectivity index (χ1) is 12.4. The number of benzene rings is 1. The summed E-state index contributed by atoms with van der Waals surface area (Å²) in [7, 11) is 0. The molecule has 0 radical (unpaired) electrons. The maximum atomic E-state index is 12.4. The summed E-state index contributed by atoms with van der Waals surface area (Å²) in [5, 5.41) is 0. The van der Waals surface area contributed by atoms with Gasteiger partial charge in [0.15, 0.2) is 6.10 Å². The molecule has 2 N–H and O–H groups in total. The third kappa shape index (κ3) is 5.80. The van der Waals surface area contributed by atoms with E-state index in [1.807, 2.05) is 51.1 Å². The fraction of sp³-hybridized carbons (Fsp3) is 0.435. The van der Waals surface area contributed by atoms with E-state index in [2.05, 4.69) is 23.7 Å². The first-order valence-electron chi connectivity index (χ1n) is 9.09. The van der Waals surface area contributed by atoms with E-state index in [4.69, 9.17) is 10.5 Å². The van der Waals surface area contributed by atoms with Crippen molar-refractivity contribution in [3.8, 4) is 23.7 Å². The van der Waals surface area contributed by atoms with E-state index >= 15 is 0 Å². The van der Waals surface area contributed by atoms with Gasteiger partial charge in [0.05, 0.1) is 11.0 Å². The highest BCUT2D eigenvalue weighted by Crippen LogP contribution is 2.21. The van der Waals surface area contributed by atoms with Crippen LogP contribution in [-0.2, 0) is 16.1 Å². The molecule has 136 valence electrons. The summed E-state index contributed by atoms with van der Waals surface area (Å²) < 4.78 is 5.73. The van der Waals surface area contributed by atoms with Crippen molar-refractivity contribution in [2.75, 3.05) is 0 Å². The fourth-order valence-electron chi connectivity index (χ4n) is 2.42. The topological polar surface area (TPSA) is 52.3 Å². The Kier molecular flexibility index (Phi) is 7.07. The molecule has 1 aliphatic carbocycles. The Hall–Kier alpha value is -2.49. The number of carbonyl (C=O) groups excluding carboxylic acids is 1. The summed E-state index contributed by atoms with van der Waals surface area (Å²) >= 11 is 0. The Morgan fingerprint density at radius 3 is 2.62 bits per heavy atom. The van der Waals surface area contributed by atoms with Crippen LogP contribution < -0.4 is 5.73 Å². The Morgan fingerprint density at radius 2 is 1.92 bits per heavy atom. The van der Waals surface area contributed by atoms with E-state index in [1.165, 1.54) is 0 Å². The van der Waals surface area contributed by atoms with Crippen LogP contribution in [0.1, 0.15) is 57.6 Å². The van der Waals surface area contributed by atoms with Gasteiger partial charge in [-0.1, -0.05) is 47.9 Å². The SMILES string of the molecule is CC(C)(C)C(=O)OC1C#CCCCCC#C/C1=C\c1ccccc1CN. The molecule has 1 unspecified atom stereocenters. The summed E-state index contributed by atoms with van der Waals surface area (Å²) in [6.45, 7) is 5.94. The number of esters is 1. The van der Waals surface area contributed by atoms with Crippen molar-refractivity contribution < 1.29 is 9.53 Å². The average Bonchev–Trinajstić information content (AvgIpc) is 2.61. The van der Waals surface area contributed by atoms with Crippen molar-refractivity contribution in [1.29, 1.82) is 0 Å². The zero-order valence-electron chi connectivity index (χ0n) is 15.9. The number of nitrogens with two attached hydrogens (primary N) is 1. The third-order valence-corrected chi connectivity index (χ3v) is 4.03. The van der Waals surface area contributed by atoms with Crippen LogP contribution >= 0.6 is 0 Å². The van der Waals surface area contributed by atoms with Crippen LogP contribution in [0.3, 0.4) is 0 Å². The molecule has 0 amide bonds. The molecule has 1 aliphatic rings. The highest BCUT2D eigenvalue weighted by atomic mass is 16.5. The monoisotopic (exact) mass is 349 g/mol. The lowest BCUT2D eigenvalue weighted by molar-refractivity contribution is -0.154. The molecular weight excluding hydrogens is 322 g/mol. The molecule has 0 spiro atoms. The maximum Gasteiger partial charge on any atom is 0.312 e. The molecule has 0 aliphatic heterocycles. The minimum Gasteiger partial charge on any atom is -0.443 e. The second-order valence-corrected chi connectivity index (χ2v) is 7.37. The molecule has 0 heterocycles. The molecule has 0 bridgehead atoms. The molecule has 0 saturated heterocycles. The molecule has 0 fully saturated rings. The second kappa shape index (κ2) is 9.27. The summed E-state index contributed by atoms with van der Waals surface area (Å²) in [5.74, 6) is 12.4. The van der Waals surface area contributed by atoms with Gasteiger partial charge in [-0.15, -0.1) is 0 Å². The van der Waals surface area contributed by atoms with Crippen molar-refractivity contribution in [1.82, 2.24) is 0 Å². The Bertz CT molecular complexity index is 791. The molecule has 0 aromatic heterocycles. The minimum absolute atomic E-state index is 0.284. The summed E-state index contributed by atoms with van der Waals surface area (Å²) in [4.78, 5) is 12.4. The largest absolute Gasteiger partial charge is 0.443 e. The van der Waals surface area contributed by atoms with Gasteiger partial charge in [-0.3, -0.25) is 4.79 Å². The van der Waals surface area contributed by atoms with Crippen LogP contribution in [0.2, 0.25) is 0 Å². The molecule has 3 nitrogen and oxygen atoms in total. The minimum atomic E-state index is -0.654. The van der Waals surface area contributed by atoms with Crippen LogP contribution in [0.15, 0.2) is 29.8 Å². The zero-order chi connectivity index (χ0) is 19.0. The summed E-state index contributed by atoms with van der Waals surface area (Å²) in [5.41, 5.74) is 7.97. The molecule has 1 atom stereocenters. The van der Waals surface area contributed by atoms with Crippen LogP contribution in [0, 0.1) is 29.1 Å². The van der Waals surface area contributed by atoms with Gasteiger partial charge in [0.1, 0.15) is 0 Å². The number of hydrogen-bond acceptors (Lipinski definition) is 3. The Morgan fingerprint density at radius 1 is 1.23 bits per heavy atom. The maximum absolute atomic E-state index is 12.4. The summed E-state index contributed by atoms with van der Waals surface area (Å²) in [6, 6.07) is 7.90. The molecule has 1 aromatic rings. The fourth-order valence-corrected chi connectivity index (χ4v) is 2.42. The van der Waals surface area contributed by atoms with Crippen molar-refractivity contribution >= 4 is 12.0 Å². The predicted octanol–water partition coefficient (Wildman–Crippen LogP) is 4.07. The lowest BCUT2D eigenvalue weighted by Crippen LogP contribution is -2.28. The molecule has 1 aromatic carbocycles. The van der Waals surface area contributed by atoms with Crippen LogP contribution in [0.25, 0.3) is 6.08 Å². The average molecular weight is 349 g/mol. The van der Waals surface area contributed by atoms with Gasteiger partial charge in [0, 0.05) is 19.4 Å². The summed E-state index contributed by atoms with van der Waals surface area (Å²) in [6.07, 6.45) is 4.94. The van der Waals surface area contributed by atoms with Gasteiger partial charge in [0.25, 0.3) is 0 Å². The molecule has 2 rings (SSSR count). The van der Waals surface area contributed by atoms with E-state index in [0.29, 0.717) is 12.1 Å². The van der Waals surface area contributed by atoms with Crippen LogP contribution in [0.5, 0.6) is 0 Å². The molecular formula is C23H27NO2. The van der Waals surface area contributed by atoms with Gasteiger partial charge < -0.3 is 10.5 Å². The van der Waals surface area contributed by atoms with Gasteiger partial charge in [-0.2, -0.15) is 0 Å². The number of ether oxygens (including phenoxy) is 1. The number of hydrogen-bond donors (Lipinski definition) is 1. The van der Waals surface area contributed by atoms with E-state index in [9.17, 15) is 4.79 Å². The quantitative estimate of drug-likeness (QED) is 0.661. The van der Waals surface area contributed by atoms with Gasteiger partial charge in [-0.25, -0.2) is 0 Å². The first-order valence-corrected chi connectivity index (χ1v) is 9.09. The van der Waals surface area contributed by atoms with Gasteiger partial charge in [0.2, 0.25) is 0 Å². The van der Waals surface area contributed by atoms with E-state index < -0.39 is 11.5 Å². The van der Waals surface area contributed by atoms with Crippen molar-refractivity contribution in [2.24, 2.45) is 11.1 Å². The molecule has 0 saturated carbocycles. The molecule has 26 heavy (non-hydrogen) atoms. The lowest BCUT2D eigenvalue weighted by atomic mass is 9.96. The Balaban J connectivity index is 2.45. The normalized spacial score (nSPS) is 18.9. The number of rotatable bonds is 3. The van der Waals surface area contributed by atoms with Crippen LogP contribution in [0.4, 0.5) is 0 Å². The van der Waals surface area contributed by atoms with Crippen molar-refractivity contribution in [3.63, 3.8) is 0 Å². The second-order valence-electron chi connectivity index (χ2n) is 7.37. The smallest absolute Gasteiger partial charge is 0.312 e. The Labute approximate surface area is 157 Å². The van der Waals surface area contributed by atoms with Crippen LogP contribution in [-0.4, -0.2) is 12.1 Å². The third-order valence-electron chi connectivity index (χ3n) is 4.03. The highest BCUT2D eigenvalue weighted by Gasteiger charge is 2.27. The molecule has 3 heteroatoms. The standard InChI is InChI=1S/C23H27NO2/c1-23(2,3)22(25)26-21-15-9-7-5-4-6-8-13-19(21)16-18-12-10-11-14-20(18)17-24/h10-12,14,16,21H,4-7,17,24H2,1-3H3/b19-16+. The highest BCUT2D eigenvalue weighted by molar-refractivity contribution is 5.77. The lowest BCUT2D eigenvalue weighted by Gasteiger charge is -2.21. The van der Waals surface area contributed by atoms with E-state index in [0.717, 1.165) is 36.8 Å². The van der Waals surface area contributed by atoms with Gasteiger partial charge in [-0.05, 0) is 50.8 Å². The van der Waals surface area contributed by atoms with Gasteiger partial charge >= 0.3 is 5.97 Å². The number of carbonyl (C=O) groups is 1.